The molecule has 0 saturated heterocycles. The Morgan fingerprint density at radius 1 is 1.56 bits per heavy atom. The van der Waals surface area contributed by atoms with E-state index in [9.17, 15) is 9.59 Å². The van der Waals surface area contributed by atoms with Crippen LogP contribution in [0.15, 0.2) is 10.8 Å². The summed E-state index contributed by atoms with van der Waals surface area (Å²) in [5.74, 6) is -1.44. The minimum atomic E-state index is -1.11. The van der Waals surface area contributed by atoms with Gasteiger partial charge in [0.2, 0.25) is 5.76 Å². The first-order valence-electron chi connectivity index (χ1n) is 5.01. The Labute approximate surface area is 91.7 Å². The molecule has 0 aromatic carbocycles. The lowest BCUT2D eigenvalue weighted by Crippen LogP contribution is -2.59. The van der Waals surface area contributed by atoms with Crippen LogP contribution in [0.25, 0.3) is 0 Å². The third-order valence-electron chi connectivity index (χ3n) is 2.92. The molecule has 1 fully saturated rings. The first-order chi connectivity index (χ1) is 7.55. The number of rotatable bonds is 3. The normalized spacial score (nSPS) is 17.6. The molecule has 1 heterocycles. The Kier molecular flexibility index (Phi) is 2.41. The summed E-state index contributed by atoms with van der Waals surface area (Å²) < 4.78 is 4.90. The van der Waals surface area contributed by atoms with Gasteiger partial charge in [-0.25, -0.2) is 9.78 Å². The molecule has 1 saturated carbocycles. The summed E-state index contributed by atoms with van der Waals surface area (Å²) in [5, 5.41) is 11.5. The Hall–Kier alpha value is -1.85. The van der Waals surface area contributed by atoms with Gasteiger partial charge in [-0.3, -0.25) is 4.79 Å². The Balaban J connectivity index is 2.13. The Morgan fingerprint density at radius 2 is 2.25 bits per heavy atom. The van der Waals surface area contributed by atoms with E-state index in [1.807, 2.05) is 0 Å². The summed E-state index contributed by atoms with van der Waals surface area (Å²) in [4.78, 5) is 26.5. The number of oxazole rings is 1. The molecule has 2 N–H and O–H groups in total. The molecule has 0 aliphatic heterocycles. The van der Waals surface area contributed by atoms with E-state index in [0.717, 1.165) is 6.42 Å². The molecule has 0 atom stereocenters. The number of hydrogen-bond donors (Lipinski definition) is 2. The van der Waals surface area contributed by atoms with Crippen LogP contribution in [0.1, 0.15) is 35.5 Å². The van der Waals surface area contributed by atoms with Crippen LogP contribution in [0.3, 0.4) is 0 Å². The van der Waals surface area contributed by atoms with Crippen molar-refractivity contribution in [3.8, 4) is 0 Å². The van der Waals surface area contributed by atoms with Crippen molar-refractivity contribution < 1.29 is 19.1 Å². The van der Waals surface area contributed by atoms with Gasteiger partial charge in [-0.2, -0.15) is 0 Å². The second kappa shape index (κ2) is 3.62. The maximum absolute atomic E-state index is 11.7. The van der Waals surface area contributed by atoms with Crippen molar-refractivity contribution in [2.45, 2.75) is 31.7 Å². The van der Waals surface area contributed by atoms with Gasteiger partial charge in [0.05, 0.1) is 5.69 Å². The number of nitrogens with zero attached hydrogens (tertiary/aromatic N) is 1. The quantitative estimate of drug-likeness (QED) is 0.789. The van der Waals surface area contributed by atoms with E-state index in [1.54, 1.807) is 6.92 Å². The highest BCUT2D eigenvalue weighted by atomic mass is 16.4. The van der Waals surface area contributed by atoms with E-state index in [-0.39, 0.29) is 5.76 Å². The van der Waals surface area contributed by atoms with Crippen LogP contribution in [-0.4, -0.2) is 27.5 Å². The molecule has 16 heavy (non-hydrogen) atoms. The standard InChI is InChI=1S/C10H12N2O4/c1-6-7(16-5-11-6)8(13)12-10(9(14)15)3-2-4-10/h5H,2-4H2,1H3,(H,12,13)(H,14,15). The highest BCUT2D eigenvalue weighted by Crippen LogP contribution is 2.32. The third kappa shape index (κ3) is 1.56. The fourth-order valence-corrected chi connectivity index (χ4v) is 1.72. The monoisotopic (exact) mass is 224 g/mol. The number of nitrogens with one attached hydrogen (secondary N) is 1. The summed E-state index contributed by atoms with van der Waals surface area (Å²) in [5.41, 5.74) is -0.659. The number of amides is 1. The van der Waals surface area contributed by atoms with Crippen LogP contribution in [0.4, 0.5) is 0 Å². The molecule has 0 spiro atoms. The topological polar surface area (TPSA) is 92.4 Å². The maximum Gasteiger partial charge on any atom is 0.329 e. The lowest BCUT2D eigenvalue weighted by atomic mass is 9.76. The number of aryl methyl sites for hydroxylation is 1. The highest BCUT2D eigenvalue weighted by Gasteiger charge is 2.46. The zero-order chi connectivity index (χ0) is 11.8. The fraction of sp³-hybridized carbons (Fsp3) is 0.500. The molecular formula is C10H12N2O4. The Morgan fingerprint density at radius 3 is 2.62 bits per heavy atom. The predicted molar refractivity (Wildman–Crippen MR) is 52.9 cm³/mol. The lowest BCUT2D eigenvalue weighted by Gasteiger charge is -2.37. The number of carbonyl (C=O) groups is 2. The number of carbonyl (C=O) groups excluding carboxylic acids is 1. The number of carboxylic acid groups (broad SMARTS) is 1. The number of aromatic nitrogens is 1. The van der Waals surface area contributed by atoms with Crippen LogP contribution in [-0.2, 0) is 4.79 Å². The molecule has 6 heteroatoms. The van der Waals surface area contributed by atoms with Gasteiger partial charge in [0.15, 0.2) is 6.39 Å². The molecule has 1 aromatic rings. The number of carboxylic acids is 1. The van der Waals surface area contributed by atoms with E-state index < -0.39 is 17.4 Å². The van der Waals surface area contributed by atoms with Gasteiger partial charge in [-0.05, 0) is 26.2 Å². The highest BCUT2D eigenvalue weighted by molar-refractivity contribution is 5.96. The van der Waals surface area contributed by atoms with Crippen molar-refractivity contribution in [1.82, 2.24) is 10.3 Å². The largest absolute Gasteiger partial charge is 0.480 e. The van der Waals surface area contributed by atoms with Crippen LogP contribution < -0.4 is 5.32 Å². The molecule has 86 valence electrons. The average Bonchev–Trinajstić information content (AvgIpc) is 2.57. The van der Waals surface area contributed by atoms with Crippen LogP contribution in [0.2, 0.25) is 0 Å². The van der Waals surface area contributed by atoms with Gasteiger partial charge in [0.1, 0.15) is 5.54 Å². The smallest absolute Gasteiger partial charge is 0.329 e. The zero-order valence-corrected chi connectivity index (χ0v) is 8.82. The molecule has 1 amide bonds. The SMILES string of the molecule is Cc1ncoc1C(=O)NC1(C(=O)O)CCC1. The van der Waals surface area contributed by atoms with Crippen molar-refractivity contribution in [3.63, 3.8) is 0 Å². The summed E-state index contributed by atoms with van der Waals surface area (Å²) in [6.07, 6.45) is 2.89. The molecule has 1 aliphatic rings. The van der Waals surface area contributed by atoms with E-state index in [4.69, 9.17) is 9.52 Å². The van der Waals surface area contributed by atoms with Gasteiger partial charge in [0.25, 0.3) is 5.91 Å². The molecular weight excluding hydrogens is 212 g/mol. The fourth-order valence-electron chi connectivity index (χ4n) is 1.72. The maximum atomic E-state index is 11.7. The molecule has 2 rings (SSSR count). The molecule has 6 nitrogen and oxygen atoms in total. The molecule has 0 bridgehead atoms. The van der Waals surface area contributed by atoms with Crippen LogP contribution in [0, 0.1) is 6.92 Å². The van der Waals surface area contributed by atoms with Crippen molar-refractivity contribution in [2.75, 3.05) is 0 Å². The minimum Gasteiger partial charge on any atom is -0.480 e. The number of hydrogen-bond acceptors (Lipinski definition) is 4. The summed E-state index contributed by atoms with van der Waals surface area (Å²) in [7, 11) is 0. The van der Waals surface area contributed by atoms with Gasteiger partial charge in [-0.15, -0.1) is 0 Å². The van der Waals surface area contributed by atoms with Crippen LogP contribution in [0.5, 0.6) is 0 Å². The second-order valence-corrected chi connectivity index (χ2v) is 3.96. The summed E-state index contributed by atoms with van der Waals surface area (Å²) in [6, 6.07) is 0. The van der Waals surface area contributed by atoms with Crippen LogP contribution >= 0.6 is 0 Å². The van der Waals surface area contributed by atoms with Gasteiger partial charge < -0.3 is 14.8 Å². The molecule has 1 aliphatic carbocycles. The second-order valence-electron chi connectivity index (χ2n) is 3.96. The van der Waals surface area contributed by atoms with Gasteiger partial charge in [0, 0.05) is 0 Å². The van der Waals surface area contributed by atoms with Gasteiger partial charge >= 0.3 is 5.97 Å². The third-order valence-corrected chi connectivity index (χ3v) is 2.92. The van der Waals surface area contributed by atoms with E-state index >= 15 is 0 Å². The van der Waals surface area contributed by atoms with E-state index in [1.165, 1.54) is 6.39 Å². The zero-order valence-electron chi connectivity index (χ0n) is 8.82. The van der Waals surface area contributed by atoms with E-state index in [2.05, 4.69) is 10.3 Å². The van der Waals surface area contributed by atoms with Crippen molar-refractivity contribution in [1.29, 1.82) is 0 Å². The molecule has 0 unspecified atom stereocenters. The summed E-state index contributed by atoms with van der Waals surface area (Å²) in [6.45, 7) is 1.63. The summed E-state index contributed by atoms with van der Waals surface area (Å²) >= 11 is 0. The molecule has 0 radical (unpaired) electrons. The molecule has 1 aromatic heterocycles. The van der Waals surface area contributed by atoms with Crippen molar-refractivity contribution in [2.24, 2.45) is 0 Å². The van der Waals surface area contributed by atoms with E-state index in [0.29, 0.717) is 18.5 Å². The van der Waals surface area contributed by atoms with Crippen molar-refractivity contribution >= 4 is 11.9 Å². The lowest BCUT2D eigenvalue weighted by molar-refractivity contribution is -0.148. The van der Waals surface area contributed by atoms with Crippen molar-refractivity contribution in [3.05, 3.63) is 17.8 Å². The first-order valence-corrected chi connectivity index (χ1v) is 5.01. The first kappa shape index (κ1) is 10.7. The minimum absolute atomic E-state index is 0.0764. The van der Waals surface area contributed by atoms with Gasteiger partial charge in [-0.1, -0.05) is 0 Å². The Bertz CT molecular complexity index is 434. The average molecular weight is 224 g/mol. The predicted octanol–water partition coefficient (Wildman–Crippen LogP) is 0.720. The number of aliphatic carboxylic acids is 1.